The lowest BCUT2D eigenvalue weighted by molar-refractivity contribution is -0.0172. The summed E-state index contributed by atoms with van der Waals surface area (Å²) in [5, 5.41) is 5.19. The molecule has 0 radical (unpaired) electrons. The summed E-state index contributed by atoms with van der Waals surface area (Å²) in [5.74, 6) is 0.336. The summed E-state index contributed by atoms with van der Waals surface area (Å²) >= 11 is 0. The van der Waals surface area contributed by atoms with Crippen molar-refractivity contribution in [2.45, 2.75) is 19.6 Å². The number of ether oxygens (including phenoxy) is 2. The fraction of sp³-hybridized carbons (Fsp3) is 0.261. The lowest BCUT2D eigenvalue weighted by Gasteiger charge is -2.22. The third-order valence-electron chi connectivity index (χ3n) is 5.06. The van der Waals surface area contributed by atoms with E-state index in [-0.39, 0.29) is 18.6 Å². The molecular formula is C23H23FN2O3. The van der Waals surface area contributed by atoms with E-state index in [4.69, 9.17) is 9.47 Å². The molecule has 1 aliphatic heterocycles. The zero-order valence-electron chi connectivity index (χ0n) is 16.3. The van der Waals surface area contributed by atoms with Crippen molar-refractivity contribution >= 4 is 16.8 Å². The number of nitrogens with zero attached hydrogens (tertiary/aromatic N) is 1. The number of halogens is 1. The molecule has 3 aromatic carbocycles. The normalized spacial score (nSPS) is 12.9. The lowest BCUT2D eigenvalue weighted by Crippen LogP contribution is -2.37. The molecule has 0 atom stereocenters. The number of hydrogen-bond donors (Lipinski definition) is 1. The zero-order chi connectivity index (χ0) is 20.2. The minimum atomic E-state index is -0.327. The van der Waals surface area contributed by atoms with Crippen molar-refractivity contribution in [1.82, 2.24) is 10.2 Å². The zero-order valence-corrected chi connectivity index (χ0v) is 16.3. The number of carbonyl (C=O) groups excluding carboxylic acids is 1. The first kappa shape index (κ1) is 19.2. The smallest absolute Gasteiger partial charge is 0.317 e. The molecule has 6 heteroatoms. The highest BCUT2D eigenvalue weighted by Gasteiger charge is 2.17. The maximum atomic E-state index is 13.8. The summed E-state index contributed by atoms with van der Waals surface area (Å²) in [5.41, 5.74) is 2.53. The van der Waals surface area contributed by atoms with E-state index in [1.807, 2.05) is 24.3 Å². The van der Waals surface area contributed by atoms with E-state index < -0.39 is 0 Å². The SMILES string of the molecule is CN(Cc1cccc2ccccc12)C(=O)NCCc1cc(F)cc2c1OCOC2. The second-order valence-electron chi connectivity index (χ2n) is 7.14. The molecule has 3 aromatic rings. The Morgan fingerprint density at radius 1 is 1.14 bits per heavy atom. The average molecular weight is 394 g/mol. The molecule has 0 unspecified atom stereocenters. The van der Waals surface area contributed by atoms with Gasteiger partial charge in [0.05, 0.1) is 6.61 Å². The molecule has 5 nitrogen and oxygen atoms in total. The summed E-state index contributed by atoms with van der Waals surface area (Å²) in [4.78, 5) is 14.2. The number of nitrogens with one attached hydrogen (secondary N) is 1. The second-order valence-corrected chi connectivity index (χ2v) is 7.14. The highest BCUT2D eigenvalue weighted by Crippen LogP contribution is 2.29. The Labute approximate surface area is 169 Å². The fourth-order valence-corrected chi connectivity index (χ4v) is 3.64. The van der Waals surface area contributed by atoms with Crippen LogP contribution in [0.25, 0.3) is 10.8 Å². The van der Waals surface area contributed by atoms with E-state index in [1.54, 1.807) is 11.9 Å². The Kier molecular flexibility index (Phi) is 5.62. The van der Waals surface area contributed by atoms with E-state index in [0.29, 0.717) is 37.4 Å². The molecule has 29 heavy (non-hydrogen) atoms. The van der Waals surface area contributed by atoms with E-state index >= 15 is 0 Å². The number of fused-ring (bicyclic) bond motifs is 2. The number of urea groups is 1. The molecule has 0 spiro atoms. The highest BCUT2D eigenvalue weighted by atomic mass is 19.1. The number of benzene rings is 3. The van der Waals surface area contributed by atoms with Crippen molar-refractivity contribution in [2.24, 2.45) is 0 Å². The first-order chi connectivity index (χ1) is 14.1. The standard InChI is InChI=1S/C23H23FN2O3/c1-26(13-18-7-4-6-16-5-2-3-8-21(16)18)23(27)25-10-9-17-11-20(24)12-19-14-28-15-29-22(17)19/h2-8,11-12H,9-10,13-15H2,1H3,(H,25,27). The molecule has 0 aliphatic carbocycles. The van der Waals surface area contributed by atoms with E-state index in [9.17, 15) is 9.18 Å². The summed E-state index contributed by atoms with van der Waals surface area (Å²) < 4.78 is 24.6. The number of amides is 2. The third kappa shape index (κ3) is 4.32. The molecule has 0 saturated carbocycles. The molecule has 1 heterocycles. The highest BCUT2D eigenvalue weighted by molar-refractivity contribution is 5.86. The Hall–Kier alpha value is -3.12. The van der Waals surface area contributed by atoms with Gasteiger partial charge in [-0.2, -0.15) is 0 Å². The van der Waals surface area contributed by atoms with Crippen molar-refractivity contribution in [2.75, 3.05) is 20.4 Å². The Morgan fingerprint density at radius 2 is 1.97 bits per heavy atom. The number of hydrogen-bond acceptors (Lipinski definition) is 3. The van der Waals surface area contributed by atoms with Gasteiger partial charge in [-0.3, -0.25) is 0 Å². The summed E-state index contributed by atoms with van der Waals surface area (Å²) in [7, 11) is 1.77. The predicted octanol–water partition coefficient (Wildman–Crippen LogP) is 4.23. The summed E-state index contributed by atoms with van der Waals surface area (Å²) in [6, 6.07) is 16.9. The first-order valence-corrected chi connectivity index (χ1v) is 9.59. The molecule has 150 valence electrons. The van der Waals surface area contributed by atoms with Gasteiger partial charge in [-0.1, -0.05) is 42.5 Å². The average Bonchev–Trinajstić information content (AvgIpc) is 2.73. The number of rotatable bonds is 5. The maximum absolute atomic E-state index is 13.8. The molecule has 0 saturated heterocycles. The topological polar surface area (TPSA) is 50.8 Å². The maximum Gasteiger partial charge on any atom is 0.317 e. The van der Waals surface area contributed by atoms with E-state index in [2.05, 4.69) is 23.5 Å². The third-order valence-corrected chi connectivity index (χ3v) is 5.06. The van der Waals surface area contributed by atoms with Crippen LogP contribution < -0.4 is 10.1 Å². The Balaban J connectivity index is 1.37. The van der Waals surface area contributed by atoms with Crippen LogP contribution in [0.15, 0.2) is 54.6 Å². The molecule has 0 bridgehead atoms. The van der Waals surface area contributed by atoms with Crippen molar-refractivity contribution in [3.8, 4) is 5.75 Å². The van der Waals surface area contributed by atoms with Gasteiger partial charge in [0.1, 0.15) is 11.6 Å². The van der Waals surface area contributed by atoms with Crippen LogP contribution in [0.5, 0.6) is 5.75 Å². The molecule has 1 N–H and O–H groups in total. The molecular weight excluding hydrogens is 371 g/mol. The van der Waals surface area contributed by atoms with Crippen LogP contribution in [-0.2, 0) is 24.3 Å². The fourth-order valence-electron chi connectivity index (χ4n) is 3.64. The van der Waals surface area contributed by atoms with Crippen molar-refractivity contribution < 1.29 is 18.7 Å². The van der Waals surface area contributed by atoms with Crippen LogP contribution in [-0.4, -0.2) is 31.3 Å². The van der Waals surface area contributed by atoms with Gasteiger partial charge < -0.3 is 19.7 Å². The largest absolute Gasteiger partial charge is 0.467 e. The molecule has 4 rings (SSSR count). The summed E-state index contributed by atoms with van der Waals surface area (Å²) in [6.07, 6.45) is 0.480. The van der Waals surface area contributed by atoms with E-state index in [0.717, 1.165) is 21.9 Å². The monoisotopic (exact) mass is 394 g/mol. The van der Waals surface area contributed by atoms with Crippen LogP contribution >= 0.6 is 0 Å². The van der Waals surface area contributed by atoms with Gasteiger partial charge >= 0.3 is 6.03 Å². The Bertz CT molecular complexity index is 1030. The predicted molar refractivity (Wildman–Crippen MR) is 109 cm³/mol. The van der Waals surface area contributed by atoms with Crippen LogP contribution in [0.4, 0.5) is 9.18 Å². The van der Waals surface area contributed by atoms with Crippen LogP contribution in [0.1, 0.15) is 16.7 Å². The van der Waals surface area contributed by atoms with Gasteiger partial charge in [-0.25, -0.2) is 9.18 Å². The quantitative estimate of drug-likeness (QED) is 0.705. The van der Waals surface area contributed by atoms with Crippen LogP contribution in [0.2, 0.25) is 0 Å². The number of carbonyl (C=O) groups is 1. The van der Waals surface area contributed by atoms with Gasteiger partial charge in [0.2, 0.25) is 0 Å². The Morgan fingerprint density at radius 3 is 2.86 bits per heavy atom. The van der Waals surface area contributed by atoms with Crippen LogP contribution in [0.3, 0.4) is 0 Å². The molecule has 2 amide bonds. The summed E-state index contributed by atoms with van der Waals surface area (Å²) in [6.45, 7) is 1.38. The van der Waals surface area contributed by atoms with Gasteiger partial charge in [-0.05, 0) is 40.5 Å². The van der Waals surface area contributed by atoms with Gasteiger partial charge in [0.25, 0.3) is 0 Å². The van der Waals surface area contributed by atoms with Gasteiger partial charge in [0, 0.05) is 25.7 Å². The van der Waals surface area contributed by atoms with Crippen molar-refractivity contribution in [1.29, 1.82) is 0 Å². The lowest BCUT2D eigenvalue weighted by atomic mass is 10.0. The van der Waals surface area contributed by atoms with Crippen LogP contribution in [0, 0.1) is 5.82 Å². The minimum absolute atomic E-state index is 0.158. The van der Waals surface area contributed by atoms with Gasteiger partial charge in [-0.15, -0.1) is 0 Å². The van der Waals surface area contributed by atoms with Crippen molar-refractivity contribution in [3.05, 3.63) is 77.1 Å². The first-order valence-electron chi connectivity index (χ1n) is 9.59. The molecule has 1 aliphatic rings. The van der Waals surface area contributed by atoms with Gasteiger partial charge in [0.15, 0.2) is 6.79 Å². The van der Waals surface area contributed by atoms with Crippen molar-refractivity contribution in [3.63, 3.8) is 0 Å². The van der Waals surface area contributed by atoms with E-state index in [1.165, 1.54) is 12.1 Å². The minimum Gasteiger partial charge on any atom is -0.467 e. The molecule has 0 fully saturated rings. The molecule has 0 aromatic heterocycles. The second kappa shape index (κ2) is 8.49.